The Labute approximate surface area is 52.5 Å². The van der Waals surface area contributed by atoms with E-state index in [0.717, 1.165) is 0 Å². The summed E-state index contributed by atoms with van der Waals surface area (Å²) in [5.41, 5.74) is 0. The molecule has 0 heterocycles. The smallest absolute Gasteiger partial charge is 1.00 e. The molecule has 0 spiro atoms. The standard InChI is InChI=1S/C3H9N.Mg.2H/c1-4(2)3;;;/h1-3H3;;;/q;+2;2*-1. The van der Waals surface area contributed by atoms with Gasteiger partial charge in [0.15, 0.2) is 0 Å². The summed E-state index contributed by atoms with van der Waals surface area (Å²) in [6.45, 7) is 0. The predicted molar refractivity (Wildman–Crippen MR) is 27.6 cm³/mol. The van der Waals surface area contributed by atoms with Gasteiger partial charge in [0.1, 0.15) is 0 Å². The molecule has 0 aliphatic heterocycles. The minimum Gasteiger partial charge on any atom is -1.00 e. The van der Waals surface area contributed by atoms with E-state index in [2.05, 4.69) is 0 Å². The van der Waals surface area contributed by atoms with Gasteiger partial charge in [-0.3, -0.25) is 0 Å². The van der Waals surface area contributed by atoms with Gasteiger partial charge >= 0.3 is 23.1 Å². The fourth-order valence-corrected chi connectivity index (χ4v) is 0. The maximum Gasteiger partial charge on any atom is 2.00 e. The monoisotopic (exact) mass is 85.1 g/mol. The first kappa shape index (κ1) is 9.21. The summed E-state index contributed by atoms with van der Waals surface area (Å²) in [5, 5.41) is 0. The third kappa shape index (κ3) is 66.6. The van der Waals surface area contributed by atoms with Crippen LogP contribution < -0.4 is 0 Å². The Morgan fingerprint density at radius 1 is 1.20 bits per heavy atom. The fraction of sp³-hybridized carbons (Fsp3) is 1.00. The Morgan fingerprint density at radius 3 is 1.20 bits per heavy atom. The van der Waals surface area contributed by atoms with Gasteiger partial charge < -0.3 is 7.75 Å². The SMILES string of the molecule is CN(C)C.[H-].[H-].[Mg+2]. The third-order valence-corrected chi connectivity index (χ3v) is 0. The van der Waals surface area contributed by atoms with Crippen molar-refractivity contribution in [2.24, 2.45) is 0 Å². The molecule has 0 saturated heterocycles. The van der Waals surface area contributed by atoms with Gasteiger partial charge in [-0.05, 0) is 21.1 Å². The van der Waals surface area contributed by atoms with E-state index >= 15 is 0 Å². The van der Waals surface area contributed by atoms with Gasteiger partial charge in [-0.1, -0.05) is 0 Å². The van der Waals surface area contributed by atoms with E-state index < -0.39 is 0 Å². The van der Waals surface area contributed by atoms with Crippen LogP contribution in [0.2, 0.25) is 0 Å². The van der Waals surface area contributed by atoms with E-state index in [1.165, 1.54) is 0 Å². The van der Waals surface area contributed by atoms with Crippen LogP contribution in [0.3, 0.4) is 0 Å². The number of nitrogens with zero attached hydrogens (tertiary/aromatic N) is 1. The molecule has 0 amide bonds. The maximum absolute atomic E-state index is 2.00. The van der Waals surface area contributed by atoms with Crippen molar-refractivity contribution in [1.29, 1.82) is 0 Å². The average molecular weight is 85.4 g/mol. The van der Waals surface area contributed by atoms with Crippen molar-refractivity contribution in [2.75, 3.05) is 21.1 Å². The molecule has 1 nitrogen and oxygen atoms in total. The zero-order chi connectivity index (χ0) is 3.58. The normalized spacial score (nSPS) is 7.20. The molecule has 0 saturated carbocycles. The van der Waals surface area contributed by atoms with Crippen LogP contribution in [0.4, 0.5) is 0 Å². The van der Waals surface area contributed by atoms with Crippen LogP contribution >= 0.6 is 0 Å². The van der Waals surface area contributed by atoms with Crippen LogP contribution in [0.25, 0.3) is 0 Å². The van der Waals surface area contributed by atoms with Gasteiger partial charge in [0.05, 0.1) is 0 Å². The topological polar surface area (TPSA) is 3.24 Å². The molecule has 0 radical (unpaired) electrons. The average Bonchev–Trinajstić information content (AvgIpc) is 0.811. The Bertz CT molecular complexity index is 17.7. The van der Waals surface area contributed by atoms with E-state index in [1.807, 2.05) is 26.0 Å². The molecule has 0 aromatic carbocycles. The van der Waals surface area contributed by atoms with Crippen LogP contribution in [0.1, 0.15) is 2.85 Å². The summed E-state index contributed by atoms with van der Waals surface area (Å²) in [6.07, 6.45) is 0. The van der Waals surface area contributed by atoms with Crippen molar-refractivity contribution in [2.45, 2.75) is 0 Å². The Morgan fingerprint density at radius 2 is 1.20 bits per heavy atom. The predicted octanol–water partition coefficient (Wildman–Crippen LogP) is 0.0220. The zero-order valence-electron chi connectivity index (χ0n) is 6.15. The molecule has 0 bridgehead atoms. The van der Waals surface area contributed by atoms with Crippen molar-refractivity contribution >= 4 is 23.1 Å². The van der Waals surface area contributed by atoms with E-state index in [-0.39, 0.29) is 25.9 Å². The molecule has 0 fully saturated rings. The number of hydrogen-bond acceptors (Lipinski definition) is 1. The molecule has 0 aliphatic carbocycles. The Kier molecular flexibility index (Phi) is 8.71. The number of hydrogen-bond donors (Lipinski definition) is 0. The first-order chi connectivity index (χ1) is 1.73. The van der Waals surface area contributed by atoms with Crippen LogP contribution in [-0.2, 0) is 0 Å². The first-order valence-electron chi connectivity index (χ1n) is 1.34. The Balaban J connectivity index is -0.0000000150. The van der Waals surface area contributed by atoms with Crippen LogP contribution in [-0.4, -0.2) is 49.1 Å². The molecule has 5 heavy (non-hydrogen) atoms. The minimum atomic E-state index is 0. The minimum absolute atomic E-state index is 0. The number of rotatable bonds is 0. The van der Waals surface area contributed by atoms with Crippen molar-refractivity contribution < 1.29 is 2.85 Å². The maximum atomic E-state index is 2.00. The molecule has 2 heteroatoms. The molecular formula is C3H11MgN. The molecule has 0 aliphatic rings. The van der Waals surface area contributed by atoms with Crippen molar-refractivity contribution in [3.05, 3.63) is 0 Å². The molecule has 0 unspecified atom stereocenters. The van der Waals surface area contributed by atoms with Gasteiger partial charge in [-0.15, -0.1) is 0 Å². The summed E-state index contributed by atoms with van der Waals surface area (Å²) in [4.78, 5) is 2.00. The molecule has 0 aromatic heterocycles. The van der Waals surface area contributed by atoms with Crippen molar-refractivity contribution in [3.8, 4) is 0 Å². The zero-order valence-corrected chi connectivity index (χ0v) is 5.57. The molecular weight excluding hydrogens is 74.3 g/mol. The molecule has 30 valence electrons. The second kappa shape index (κ2) is 4.73. The van der Waals surface area contributed by atoms with Crippen LogP contribution in [0, 0.1) is 0 Å². The summed E-state index contributed by atoms with van der Waals surface area (Å²) in [5.74, 6) is 0. The largest absolute Gasteiger partial charge is 2.00 e. The van der Waals surface area contributed by atoms with E-state index in [1.54, 1.807) is 0 Å². The summed E-state index contributed by atoms with van der Waals surface area (Å²) >= 11 is 0. The van der Waals surface area contributed by atoms with Gasteiger partial charge in [0.2, 0.25) is 0 Å². The summed E-state index contributed by atoms with van der Waals surface area (Å²) in [6, 6.07) is 0. The second-order valence-corrected chi connectivity index (χ2v) is 1.34. The third-order valence-electron chi connectivity index (χ3n) is 0. The second-order valence-electron chi connectivity index (χ2n) is 1.34. The van der Waals surface area contributed by atoms with Gasteiger partial charge in [0, 0.05) is 0 Å². The van der Waals surface area contributed by atoms with Gasteiger partial charge in [-0.25, -0.2) is 0 Å². The van der Waals surface area contributed by atoms with Crippen molar-refractivity contribution in [1.82, 2.24) is 4.90 Å². The molecule has 0 N–H and O–H groups in total. The molecule has 0 aromatic rings. The van der Waals surface area contributed by atoms with E-state index in [0.29, 0.717) is 0 Å². The summed E-state index contributed by atoms with van der Waals surface area (Å²) in [7, 11) is 6.00. The fourth-order valence-electron chi connectivity index (χ4n) is 0. The summed E-state index contributed by atoms with van der Waals surface area (Å²) < 4.78 is 0. The van der Waals surface area contributed by atoms with Crippen LogP contribution in [0.15, 0.2) is 0 Å². The Hall–Kier alpha value is 0.726. The van der Waals surface area contributed by atoms with E-state index in [4.69, 9.17) is 0 Å². The van der Waals surface area contributed by atoms with Gasteiger partial charge in [0.25, 0.3) is 0 Å². The van der Waals surface area contributed by atoms with Crippen LogP contribution in [0.5, 0.6) is 0 Å². The molecule has 0 atom stereocenters. The van der Waals surface area contributed by atoms with Gasteiger partial charge in [-0.2, -0.15) is 0 Å². The quantitative estimate of drug-likeness (QED) is 0.375. The van der Waals surface area contributed by atoms with Crippen molar-refractivity contribution in [3.63, 3.8) is 0 Å². The molecule has 0 rings (SSSR count). The van der Waals surface area contributed by atoms with E-state index in [9.17, 15) is 0 Å². The first-order valence-corrected chi connectivity index (χ1v) is 1.34.